The van der Waals surface area contributed by atoms with Crippen molar-refractivity contribution in [2.45, 2.75) is 12.8 Å². The lowest BCUT2D eigenvalue weighted by molar-refractivity contribution is -0.137. The van der Waals surface area contributed by atoms with Gasteiger partial charge in [-0.2, -0.15) is 0 Å². The molecule has 12 nitrogen and oxygen atoms in total. The summed E-state index contributed by atoms with van der Waals surface area (Å²) in [5, 5.41) is 18.0. The Morgan fingerprint density at radius 3 is 1.34 bits per heavy atom. The van der Waals surface area contributed by atoms with E-state index in [-0.39, 0.29) is 36.0 Å². The van der Waals surface area contributed by atoms with E-state index in [2.05, 4.69) is 9.98 Å². The predicted molar refractivity (Wildman–Crippen MR) is 183 cm³/mol. The fourth-order valence-corrected chi connectivity index (χ4v) is 4.92. The van der Waals surface area contributed by atoms with Gasteiger partial charge in [-0.15, -0.1) is 0 Å². The molecule has 12 heteroatoms. The quantitative estimate of drug-likeness (QED) is 0.165. The molecular weight excluding hydrogens is 644 g/mol. The van der Waals surface area contributed by atoms with E-state index in [1.165, 1.54) is 14.2 Å². The molecule has 0 bridgehead atoms. The smallest absolute Gasteiger partial charge is 0.363 e. The summed E-state index contributed by atoms with van der Waals surface area (Å²) in [4.78, 5) is 54.5. The number of ether oxygens (including phenoxy) is 4. The molecule has 2 aliphatic heterocycles. The van der Waals surface area contributed by atoms with Crippen LogP contribution in [0.1, 0.15) is 33.4 Å². The van der Waals surface area contributed by atoms with Crippen molar-refractivity contribution in [3.8, 4) is 11.5 Å². The molecule has 0 atom stereocenters. The molecule has 6 rings (SSSR count). The van der Waals surface area contributed by atoms with E-state index in [0.717, 1.165) is 0 Å². The predicted octanol–water partition coefficient (Wildman–Crippen LogP) is 5.33. The Morgan fingerprint density at radius 1 is 0.620 bits per heavy atom. The third-order valence-corrected chi connectivity index (χ3v) is 7.18. The van der Waals surface area contributed by atoms with Crippen LogP contribution in [-0.2, 0) is 41.5 Å². The topological polar surface area (TPSA) is 170 Å². The molecule has 0 saturated carbocycles. The highest BCUT2D eigenvalue weighted by Crippen LogP contribution is 2.26. The van der Waals surface area contributed by atoms with Crippen LogP contribution in [0.15, 0.2) is 118 Å². The van der Waals surface area contributed by atoms with Gasteiger partial charge in [0.15, 0.2) is 11.4 Å². The van der Waals surface area contributed by atoms with Gasteiger partial charge in [0.05, 0.1) is 27.1 Å². The molecule has 0 fully saturated rings. The maximum atomic E-state index is 12.0. The summed E-state index contributed by atoms with van der Waals surface area (Å²) >= 11 is 0. The van der Waals surface area contributed by atoms with Gasteiger partial charge in [-0.3, -0.25) is 9.59 Å². The fraction of sp³-hybridized carbons (Fsp3) is 0.105. The molecule has 0 aromatic heterocycles. The van der Waals surface area contributed by atoms with E-state index < -0.39 is 23.9 Å². The van der Waals surface area contributed by atoms with E-state index in [1.54, 1.807) is 72.8 Å². The second kappa shape index (κ2) is 15.8. The number of hydrogen-bond donors (Lipinski definition) is 2. The van der Waals surface area contributed by atoms with Gasteiger partial charge in [0.25, 0.3) is 0 Å². The average Bonchev–Trinajstić information content (AvgIpc) is 3.66. The maximum Gasteiger partial charge on any atom is 0.363 e. The molecule has 0 radical (unpaired) electrons. The summed E-state index contributed by atoms with van der Waals surface area (Å²) < 4.78 is 20.7. The number of methoxy groups -OCH3 is 2. The molecule has 4 aromatic carbocycles. The Morgan fingerprint density at radius 2 is 1.00 bits per heavy atom. The molecule has 0 amide bonds. The van der Waals surface area contributed by atoms with Crippen molar-refractivity contribution in [3.05, 3.63) is 142 Å². The summed E-state index contributed by atoms with van der Waals surface area (Å²) in [5.41, 5.74) is 4.05. The largest absolute Gasteiger partial charge is 0.496 e. The summed E-state index contributed by atoms with van der Waals surface area (Å²) in [6.07, 6.45) is 2.76. The van der Waals surface area contributed by atoms with Crippen molar-refractivity contribution in [1.82, 2.24) is 0 Å². The molecule has 2 heterocycles. The number of hydrogen-bond acceptors (Lipinski definition) is 10. The number of carbonyl (C=O) groups excluding carboxylic acids is 2. The number of aliphatic imine (C=N–C) groups is 2. The van der Waals surface area contributed by atoms with E-state index in [0.29, 0.717) is 44.9 Å². The van der Waals surface area contributed by atoms with Gasteiger partial charge in [0.2, 0.25) is 11.8 Å². The molecular formula is C38H30N2O10. The van der Waals surface area contributed by atoms with Crippen LogP contribution in [0.4, 0.5) is 0 Å². The highest BCUT2D eigenvalue weighted by atomic mass is 16.6. The zero-order valence-electron chi connectivity index (χ0n) is 26.9. The minimum atomic E-state index is -0.965. The lowest BCUT2D eigenvalue weighted by Gasteiger charge is -2.07. The Kier molecular flexibility index (Phi) is 10.9. The Labute approximate surface area is 286 Å². The van der Waals surface area contributed by atoms with Crippen LogP contribution in [0.2, 0.25) is 0 Å². The maximum absolute atomic E-state index is 12.0. The number of esters is 2. The summed E-state index contributed by atoms with van der Waals surface area (Å²) in [5.74, 6) is -1.57. The molecule has 0 saturated heterocycles. The summed E-state index contributed by atoms with van der Waals surface area (Å²) in [6, 6.07) is 28.3. The second-order valence-electron chi connectivity index (χ2n) is 10.7. The van der Waals surface area contributed by atoms with E-state index in [9.17, 15) is 19.2 Å². The first-order valence-corrected chi connectivity index (χ1v) is 15.1. The standard InChI is InChI=1S/2C19H15NO5/c2*1-24-16-8-7-12(9-14(16)11-17(21)22)10-15-19(23)25-18(20-15)13-5-3-2-4-6-13/h2*2-10H,11H2,1H3,(H,21,22)/b2*15-10-. The van der Waals surface area contributed by atoms with Crippen molar-refractivity contribution in [1.29, 1.82) is 0 Å². The monoisotopic (exact) mass is 674 g/mol. The summed E-state index contributed by atoms with van der Waals surface area (Å²) in [6.45, 7) is 0. The van der Waals surface area contributed by atoms with Crippen LogP contribution >= 0.6 is 0 Å². The van der Waals surface area contributed by atoms with Gasteiger partial charge < -0.3 is 29.2 Å². The Hall–Kier alpha value is -6.82. The van der Waals surface area contributed by atoms with Crippen molar-refractivity contribution < 1.29 is 48.3 Å². The van der Waals surface area contributed by atoms with E-state index in [1.807, 2.05) is 36.4 Å². The van der Waals surface area contributed by atoms with E-state index in [4.69, 9.17) is 29.2 Å². The minimum Gasteiger partial charge on any atom is -0.496 e. The van der Waals surface area contributed by atoms with Gasteiger partial charge in [-0.25, -0.2) is 19.6 Å². The third kappa shape index (κ3) is 8.75. The number of nitrogens with zero attached hydrogens (tertiary/aromatic N) is 2. The minimum absolute atomic E-state index is 0.158. The first kappa shape index (κ1) is 34.5. The van der Waals surface area contributed by atoms with Gasteiger partial charge >= 0.3 is 23.9 Å². The van der Waals surface area contributed by atoms with Crippen molar-refractivity contribution in [2.75, 3.05) is 14.2 Å². The van der Waals surface area contributed by atoms with Crippen LogP contribution in [0.3, 0.4) is 0 Å². The van der Waals surface area contributed by atoms with Gasteiger partial charge in [0.1, 0.15) is 11.5 Å². The SMILES string of the molecule is COc1ccc(/C=C2\N=C(c3ccccc3)OC2=O)cc1CC(=O)O.COc1ccc(/C=C2\N=C(c3ccccc3)OC2=O)cc1CC(=O)O. The number of cyclic esters (lactones) is 2. The molecule has 0 aliphatic carbocycles. The highest BCUT2D eigenvalue weighted by molar-refractivity contribution is 6.13. The number of aliphatic carboxylic acids is 2. The number of benzene rings is 4. The normalized spacial score (nSPS) is 15.0. The summed E-state index contributed by atoms with van der Waals surface area (Å²) in [7, 11) is 2.95. The van der Waals surface area contributed by atoms with Crippen LogP contribution in [0.25, 0.3) is 12.2 Å². The molecule has 50 heavy (non-hydrogen) atoms. The second-order valence-corrected chi connectivity index (χ2v) is 10.7. The first-order valence-electron chi connectivity index (χ1n) is 15.1. The average molecular weight is 675 g/mol. The van der Waals surface area contributed by atoms with Crippen LogP contribution in [-0.4, -0.2) is 60.1 Å². The van der Waals surface area contributed by atoms with Crippen LogP contribution in [0, 0.1) is 0 Å². The Balaban J connectivity index is 0.000000194. The zero-order valence-corrected chi connectivity index (χ0v) is 26.9. The van der Waals surface area contributed by atoms with Crippen molar-refractivity contribution in [3.63, 3.8) is 0 Å². The first-order chi connectivity index (χ1) is 24.1. The Bertz CT molecular complexity index is 1920. The molecule has 2 N–H and O–H groups in total. The lowest BCUT2D eigenvalue weighted by Crippen LogP contribution is -2.05. The highest BCUT2D eigenvalue weighted by Gasteiger charge is 2.25. The van der Waals surface area contributed by atoms with Crippen molar-refractivity contribution in [2.24, 2.45) is 9.98 Å². The number of carboxylic acid groups (broad SMARTS) is 2. The lowest BCUT2D eigenvalue weighted by atomic mass is 10.1. The molecule has 2 aliphatic rings. The molecule has 4 aromatic rings. The van der Waals surface area contributed by atoms with Crippen LogP contribution < -0.4 is 9.47 Å². The fourth-order valence-electron chi connectivity index (χ4n) is 4.92. The number of carboxylic acids is 2. The van der Waals surface area contributed by atoms with Crippen molar-refractivity contribution >= 4 is 47.8 Å². The van der Waals surface area contributed by atoms with Gasteiger partial charge in [-0.1, -0.05) is 48.5 Å². The number of rotatable bonds is 10. The van der Waals surface area contributed by atoms with Crippen LogP contribution in [0.5, 0.6) is 11.5 Å². The molecule has 0 spiro atoms. The third-order valence-electron chi connectivity index (χ3n) is 7.18. The van der Waals surface area contributed by atoms with Gasteiger partial charge in [-0.05, 0) is 71.8 Å². The van der Waals surface area contributed by atoms with E-state index >= 15 is 0 Å². The zero-order chi connectivity index (χ0) is 35.6. The number of carbonyl (C=O) groups is 4. The molecule has 0 unspecified atom stereocenters. The van der Waals surface area contributed by atoms with Gasteiger partial charge in [0, 0.05) is 22.3 Å². The molecule has 252 valence electrons.